The molecule has 0 saturated carbocycles. The van der Waals surface area contributed by atoms with Crippen molar-refractivity contribution in [2.24, 2.45) is 0 Å². The number of rotatable bonds is 3. The van der Waals surface area contributed by atoms with E-state index in [-0.39, 0.29) is 11.1 Å². The maximum absolute atomic E-state index is 6.38. The van der Waals surface area contributed by atoms with Crippen molar-refractivity contribution in [1.82, 2.24) is 0 Å². The zero-order valence-electron chi connectivity index (χ0n) is 13.8. The minimum atomic E-state index is -1.79. The molecular weight excluding hydrogens is 268 g/mol. The van der Waals surface area contributed by atoms with Crippen molar-refractivity contribution >= 4 is 8.32 Å². The lowest BCUT2D eigenvalue weighted by atomic mass is 9.93. The molecular formula is C16H28O3Si. The average molecular weight is 296 g/mol. The lowest BCUT2D eigenvalue weighted by Gasteiger charge is -2.40. The summed E-state index contributed by atoms with van der Waals surface area (Å²) in [5, 5.41) is 0.197. The Labute approximate surface area is 124 Å². The van der Waals surface area contributed by atoms with E-state index in [1.807, 2.05) is 26.0 Å². The molecule has 2 rings (SSSR count). The van der Waals surface area contributed by atoms with Crippen LogP contribution in [0.2, 0.25) is 18.1 Å². The Morgan fingerprint density at radius 3 is 2.45 bits per heavy atom. The summed E-state index contributed by atoms with van der Waals surface area (Å²) in [5.74, 6) is -0.569. The summed E-state index contributed by atoms with van der Waals surface area (Å²) >= 11 is 0. The van der Waals surface area contributed by atoms with Gasteiger partial charge in [-0.25, -0.2) is 0 Å². The Kier molecular flexibility index (Phi) is 3.83. The molecule has 0 aromatic heterocycles. The SMILES string of the molecule is CC1(C)O[C@@H]2C=CC=C[C@]2(CO[Si](C)(C)C(C)(C)C)O1. The summed E-state index contributed by atoms with van der Waals surface area (Å²) in [7, 11) is -1.79. The van der Waals surface area contributed by atoms with Gasteiger partial charge in [-0.05, 0) is 38.1 Å². The van der Waals surface area contributed by atoms with Gasteiger partial charge in [0.2, 0.25) is 0 Å². The summed E-state index contributed by atoms with van der Waals surface area (Å²) in [6, 6.07) is 0. The zero-order valence-corrected chi connectivity index (χ0v) is 14.8. The van der Waals surface area contributed by atoms with Crippen LogP contribution in [0.5, 0.6) is 0 Å². The first-order valence-electron chi connectivity index (χ1n) is 7.36. The molecule has 2 aliphatic rings. The van der Waals surface area contributed by atoms with Crippen molar-refractivity contribution in [3.63, 3.8) is 0 Å². The van der Waals surface area contributed by atoms with Crippen LogP contribution >= 0.6 is 0 Å². The normalized spacial score (nSPS) is 32.5. The van der Waals surface area contributed by atoms with Gasteiger partial charge < -0.3 is 13.9 Å². The summed E-state index contributed by atoms with van der Waals surface area (Å²) in [4.78, 5) is 0. The topological polar surface area (TPSA) is 27.7 Å². The average Bonchev–Trinajstić information content (AvgIpc) is 2.55. The molecule has 0 bridgehead atoms. The molecule has 20 heavy (non-hydrogen) atoms. The van der Waals surface area contributed by atoms with E-state index in [2.05, 4.69) is 46.0 Å². The van der Waals surface area contributed by atoms with E-state index < -0.39 is 19.7 Å². The van der Waals surface area contributed by atoms with Gasteiger partial charge in [-0.3, -0.25) is 0 Å². The van der Waals surface area contributed by atoms with E-state index in [0.717, 1.165) is 0 Å². The van der Waals surface area contributed by atoms with E-state index in [9.17, 15) is 0 Å². The fourth-order valence-electron chi connectivity index (χ4n) is 2.33. The third-order valence-electron chi connectivity index (χ3n) is 4.57. The first kappa shape index (κ1) is 16.0. The minimum absolute atomic E-state index is 0.0627. The van der Waals surface area contributed by atoms with E-state index in [1.54, 1.807) is 0 Å². The van der Waals surface area contributed by atoms with Crippen molar-refractivity contribution in [2.45, 2.75) is 70.2 Å². The Balaban J connectivity index is 2.15. The molecule has 1 saturated heterocycles. The highest BCUT2D eigenvalue weighted by atomic mass is 28.4. The molecule has 0 N–H and O–H groups in total. The summed E-state index contributed by atoms with van der Waals surface area (Å²) in [5.41, 5.74) is -0.478. The Bertz CT molecular complexity index is 431. The largest absolute Gasteiger partial charge is 0.413 e. The van der Waals surface area contributed by atoms with Crippen molar-refractivity contribution in [3.8, 4) is 0 Å². The summed E-state index contributed by atoms with van der Waals surface area (Å²) < 4.78 is 18.5. The molecule has 114 valence electrons. The van der Waals surface area contributed by atoms with Gasteiger partial charge in [-0.1, -0.05) is 39.0 Å². The zero-order chi connectivity index (χ0) is 15.2. The molecule has 0 amide bonds. The molecule has 1 aliphatic heterocycles. The second kappa shape index (κ2) is 4.80. The molecule has 0 aromatic carbocycles. The number of ether oxygens (including phenoxy) is 2. The predicted octanol–water partition coefficient (Wildman–Crippen LogP) is 4.02. The van der Waals surface area contributed by atoms with Crippen molar-refractivity contribution in [2.75, 3.05) is 6.61 Å². The van der Waals surface area contributed by atoms with E-state index in [1.165, 1.54) is 0 Å². The molecule has 1 aliphatic carbocycles. The first-order valence-corrected chi connectivity index (χ1v) is 10.3. The quantitative estimate of drug-likeness (QED) is 0.736. The summed E-state index contributed by atoms with van der Waals surface area (Å²) in [6.45, 7) is 15.8. The van der Waals surface area contributed by atoms with Crippen LogP contribution in [-0.4, -0.2) is 32.4 Å². The second-order valence-electron chi connectivity index (χ2n) is 7.79. The smallest absolute Gasteiger partial charge is 0.192 e. The van der Waals surface area contributed by atoms with Crippen LogP contribution in [0.4, 0.5) is 0 Å². The lowest BCUT2D eigenvalue weighted by molar-refractivity contribution is -0.158. The summed E-state index contributed by atoms with van der Waals surface area (Å²) in [6.07, 6.45) is 8.12. The van der Waals surface area contributed by atoms with Crippen LogP contribution in [0.15, 0.2) is 24.3 Å². The Morgan fingerprint density at radius 2 is 1.85 bits per heavy atom. The molecule has 0 aromatic rings. The van der Waals surface area contributed by atoms with E-state index in [0.29, 0.717) is 6.61 Å². The predicted molar refractivity (Wildman–Crippen MR) is 84.2 cm³/mol. The van der Waals surface area contributed by atoms with Crippen LogP contribution in [0.1, 0.15) is 34.6 Å². The minimum Gasteiger partial charge on any atom is -0.413 e. The first-order chi connectivity index (χ1) is 8.98. The highest BCUT2D eigenvalue weighted by molar-refractivity contribution is 6.74. The molecule has 1 fully saturated rings. The monoisotopic (exact) mass is 296 g/mol. The fourth-order valence-corrected chi connectivity index (χ4v) is 3.35. The maximum Gasteiger partial charge on any atom is 0.192 e. The molecule has 1 heterocycles. The van der Waals surface area contributed by atoms with E-state index >= 15 is 0 Å². The van der Waals surface area contributed by atoms with Crippen molar-refractivity contribution in [1.29, 1.82) is 0 Å². The molecule has 2 atom stereocenters. The van der Waals surface area contributed by atoms with Gasteiger partial charge >= 0.3 is 0 Å². The van der Waals surface area contributed by atoms with Crippen molar-refractivity contribution in [3.05, 3.63) is 24.3 Å². The van der Waals surface area contributed by atoms with Crippen molar-refractivity contribution < 1.29 is 13.9 Å². The van der Waals surface area contributed by atoms with Gasteiger partial charge in [0.05, 0.1) is 6.61 Å². The number of fused-ring (bicyclic) bond motifs is 1. The Morgan fingerprint density at radius 1 is 1.20 bits per heavy atom. The number of allylic oxidation sites excluding steroid dienone is 2. The third-order valence-corrected chi connectivity index (χ3v) is 9.05. The van der Waals surface area contributed by atoms with Crippen LogP contribution < -0.4 is 0 Å². The van der Waals surface area contributed by atoms with Gasteiger partial charge in [0.1, 0.15) is 11.7 Å². The highest BCUT2D eigenvalue weighted by Crippen LogP contribution is 2.43. The lowest BCUT2D eigenvalue weighted by Crippen LogP contribution is -2.49. The van der Waals surface area contributed by atoms with Gasteiger partial charge in [-0.2, -0.15) is 0 Å². The molecule has 0 unspecified atom stereocenters. The van der Waals surface area contributed by atoms with Gasteiger partial charge in [0, 0.05) is 0 Å². The third kappa shape index (κ3) is 2.93. The molecule has 0 radical (unpaired) electrons. The Hall–Kier alpha value is -0.423. The van der Waals surface area contributed by atoms with Crippen LogP contribution in [0.25, 0.3) is 0 Å². The standard InChI is InChI=1S/C16H28O3Si/c1-14(2,3)20(6,7)17-12-16-11-9-8-10-13(16)18-15(4,5)19-16/h8-11,13H,12H2,1-7H3/t13-,16-/m1/s1. The fraction of sp³-hybridized carbons (Fsp3) is 0.750. The maximum atomic E-state index is 6.38. The van der Waals surface area contributed by atoms with Crippen LogP contribution in [0.3, 0.4) is 0 Å². The number of hydrogen-bond acceptors (Lipinski definition) is 3. The van der Waals surface area contributed by atoms with Gasteiger partial charge in [0.25, 0.3) is 0 Å². The highest BCUT2D eigenvalue weighted by Gasteiger charge is 2.53. The molecule has 3 nitrogen and oxygen atoms in total. The van der Waals surface area contributed by atoms with Crippen LogP contribution in [-0.2, 0) is 13.9 Å². The molecule has 0 spiro atoms. The second-order valence-corrected chi connectivity index (χ2v) is 12.6. The number of hydrogen-bond donors (Lipinski definition) is 0. The van der Waals surface area contributed by atoms with Gasteiger partial charge in [-0.15, -0.1) is 0 Å². The van der Waals surface area contributed by atoms with Crippen LogP contribution in [0, 0.1) is 0 Å². The van der Waals surface area contributed by atoms with E-state index in [4.69, 9.17) is 13.9 Å². The molecule has 4 heteroatoms. The van der Waals surface area contributed by atoms with Gasteiger partial charge in [0.15, 0.2) is 14.1 Å².